The molecule has 2 nitrogen and oxygen atoms in total. The summed E-state index contributed by atoms with van der Waals surface area (Å²) in [5.74, 6) is 0.393. The summed E-state index contributed by atoms with van der Waals surface area (Å²) in [6.45, 7) is 2.98. The Morgan fingerprint density at radius 3 is 2.75 bits per heavy atom. The molecule has 2 N–H and O–H groups in total. The normalized spacial score (nSPS) is 24.1. The van der Waals surface area contributed by atoms with Crippen LogP contribution in [0.2, 0.25) is 5.02 Å². The van der Waals surface area contributed by atoms with Gasteiger partial charge in [-0.15, -0.1) is 0 Å². The third-order valence-corrected chi connectivity index (χ3v) is 4.72. The van der Waals surface area contributed by atoms with Crippen molar-refractivity contribution < 1.29 is 4.74 Å². The van der Waals surface area contributed by atoms with Crippen molar-refractivity contribution in [3.63, 3.8) is 0 Å². The van der Waals surface area contributed by atoms with Gasteiger partial charge < -0.3 is 10.5 Å². The number of ether oxygens (including phenoxy) is 1. The van der Waals surface area contributed by atoms with E-state index in [-0.39, 0.29) is 12.1 Å². The molecule has 1 heterocycles. The smallest absolute Gasteiger partial charge is 0.0619 e. The Morgan fingerprint density at radius 2 is 2.00 bits per heavy atom. The van der Waals surface area contributed by atoms with Crippen LogP contribution in [0.15, 0.2) is 36.4 Å². The highest BCUT2D eigenvalue weighted by Gasteiger charge is 2.33. The maximum Gasteiger partial charge on any atom is 0.0619 e. The summed E-state index contributed by atoms with van der Waals surface area (Å²) < 4.78 is 5.79. The predicted octanol–water partition coefficient (Wildman–Crippen LogP) is 4.31. The van der Waals surface area contributed by atoms with Crippen LogP contribution in [0.3, 0.4) is 0 Å². The Hall–Kier alpha value is -1.09. The van der Waals surface area contributed by atoms with Crippen LogP contribution in [-0.2, 0) is 4.74 Å². The zero-order valence-electron chi connectivity index (χ0n) is 11.7. The lowest BCUT2D eigenvalue weighted by atomic mass is 9.85. The van der Waals surface area contributed by atoms with Crippen LogP contribution >= 0.6 is 11.6 Å². The molecule has 0 radical (unpaired) electrons. The molecule has 106 valence electrons. The zero-order valence-corrected chi connectivity index (χ0v) is 12.4. The van der Waals surface area contributed by atoms with Crippen LogP contribution < -0.4 is 5.73 Å². The highest BCUT2D eigenvalue weighted by molar-refractivity contribution is 6.35. The summed E-state index contributed by atoms with van der Waals surface area (Å²) in [6.07, 6.45) is 2.33. The van der Waals surface area contributed by atoms with Crippen molar-refractivity contribution in [3.05, 3.63) is 47.0 Å². The van der Waals surface area contributed by atoms with Crippen LogP contribution in [0.1, 0.15) is 31.4 Å². The first-order chi connectivity index (χ1) is 9.72. The fourth-order valence-corrected chi connectivity index (χ4v) is 3.53. The molecule has 2 aromatic rings. The molecule has 0 bridgehead atoms. The fraction of sp³-hybridized carbons (Fsp3) is 0.412. The number of hydrogen-bond acceptors (Lipinski definition) is 2. The molecule has 1 aliphatic heterocycles. The van der Waals surface area contributed by atoms with Crippen molar-refractivity contribution in [3.8, 4) is 0 Å². The van der Waals surface area contributed by atoms with Crippen molar-refractivity contribution in [2.24, 2.45) is 11.7 Å². The van der Waals surface area contributed by atoms with E-state index in [2.05, 4.69) is 25.1 Å². The maximum absolute atomic E-state index is 6.56. The molecule has 3 rings (SSSR count). The van der Waals surface area contributed by atoms with E-state index in [1.54, 1.807) is 0 Å². The standard InChI is InChI=1S/C17H20ClNO/c1-2-16-14(9-10-20-16)17(19)13-7-8-15(18)12-6-4-3-5-11(12)13/h3-8,14,16-17H,2,9-10,19H2,1H3. The largest absolute Gasteiger partial charge is 0.378 e. The SMILES string of the molecule is CCC1OCCC1C(N)c1ccc(Cl)c2ccccc12. The van der Waals surface area contributed by atoms with Gasteiger partial charge in [0.1, 0.15) is 0 Å². The van der Waals surface area contributed by atoms with E-state index >= 15 is 0 Å². The molecule has 3 atom stereocenters. The van der Waals surface area contributed by atoms with Crippen molar-refractivity contribution in [2.45, 2.75) is 31.9 Å². The lowest BCUT2D eigenvalue weighted by molar-refractivity contribution is 0.0814. The van der Waals surface area contributed by atoms with E-state index in [4.69, 9.17) is 22.1 Å². The molecule has 1 saturated heterocycles. The van der Waals surface area contributed by atoms with Gasteiger partial charge in [0.25, 0.3) is 0 Å². The summed E-state index contributed by atoms with van der Waals surface area (Å²) >= 11 is 6.28. The Labute approximate surface area is 124 Å². The molecule has 0 aromatic heterocycles. The van der Waals surface area contributed by atoms with E-state index in [1.807, 2.05) is 18.2 Å². The molecule has 1 aliphatic rings. The van der Waals surface area contributed by atoms with Gasteiger partial charge in [-0.05, 0) is 29.9 Å². The predicted molar refractivity (Wildman–Crippen MR) is 84.0 cm³/mol. The van der Waals surface area contributed by atoms with E-state index < -0.39 is 0 Å². The summed E-state index contributed by atoms with van der Waals surface area (Å²) in [5, 5.41) is 3.02. The molecule has 1 fully saturated rings. The highest BCUT2D eigenvalue weighted by atomic mass is 35.5. The number of halogens is 1. The van der Waals surface area contributed by atoms with Gasteiger partial charge in [-0.1, -0.05) is 48.9 Å². The number of rotatable bonds is 3. The van der Waals surface area contributed by atoms with Gasteiger partial charge in [0, 0.05) is 29.0 Å². The molecule has 0 saturated carbocycles. The minimum absolute atomic E-state index is 0.00427. The Bertz CT molecular complexity index is 613. The first kappa shape index (κ1) is 13.9. The van der Waals surface area contributed by atoms with Crippen molar-refractivity contribution in [1.29, 1.82) is 0 Å². The first-order valence-electron chi connectivity index (χ1n) is 7.26. The fourth-order valence-electron chi connectivity index (χ4n) is 3.30. The minimum Gasteiger partial charge on any atom is -0.378 e. The van der Waals surface area contributed by atoms with Crippen LogP contribution in [-0.4, -0.2) is 12.7 Å². The summed E-state index contributed by atoms with van der Waals surface area (Å²) in [4.78, 5) is 0. The molecule has 0 amide bonds. The average molecular weight is 290 g/mol. The van der Waals surface area contributed by atoms with Crippen molar-refractivity contribution in [1.82, 2.24) is 0 Å². The van der Waals surface area contributed by atoms with Crippen molar-refractivity contribution in [2.75, 3.05) is 6.61 Å². The van der Waals surface area contributed by atoms with Crippen LogP contribution in [0.5, 0.6) is 0 Å². The third-order valence-electron chi connectivity index (χ3n) is 4.39. The Kier molecular flexibility index (Phi) is 3.97. The van der Waals surface area contributed by atoms with Crippen molar-refractivity contribution >= 4 is 22.4 Å². The number of hydrogen-bond donors (Lipinski definition) is 1. The summed E-state index contributed by atoms with van der Waals surface area (Å²) in [5.41, 5.74) is 7.74. The highest BCUT2D eigenvalue weighted by Crippen LogP contribution is 2.37. The van der Waals surface area contributed by atoms with E-state index in [0.717, 1.165) is 35.2 Å². The van der Waals surface area contributed by atoms with E-state index in [9.17, 15) is 0 Å². The van der Waals surface area contributed by atoms with Crippen LogP contribution in [0.4, 0.5) is 0 Å². The van der Waals surface area contributed by atoms with E-state index in [0.29, 0.717) is 5.92 Å². The average Bonchev–Trinajstić information content (AvgIpc) is 2.96. The number of fused-ring (bicyclic) bond motifs is 1. The lowest BCUT2D eigenvalue weighted by Crippen LogP contribution is -2.28. The summed E-state index contributed by atoms with van der Waals surface area (Å²) in [6, 6.07) is 12.2. The third kappa shape index (κ3) is 2.32. The zero-order chi connectivity index (χ0) is 14.1. The molecular weight excluding hydrogens is 270 g/mol. The first-order valence-corrected chi connectivity index (χ1v) is 7.64. The second-order valence-corrected chi connectivity index (χ2v) is 5.89. The van der Waals surface area contributed by atoms with Gasteiger partial charge in [0.15, 0.2) is 0 Å². The monoisotopic (exact) mass is 289 g/mol. The minimum atomic E-state index is 0.00427. The summed E-state index contributed by atoms with van der Waals surface area (Å²) in [7, 11) is 0. The van der Waals surface area contributed by atoms with Gasteiger partial charge in [0.05, 0.1) is 6.10 Å². The molecular formula is C17H20ClNO. The van der Waals surface area contributed by atoms with Gasteiger partial charge >= 0.3 is 0 Å². The van der Waals surface area contributed by atoms with E-state index in [1.165, 1.54) is 5.56 Å². The number of benzene rings is 2. The second kappa shape index (κ2) is 5.72. The quantitative estimate of drug-likeness (QED) is 0.914. The molecule has 2 aromatic carbocycles. The van der Waals surface area contributed by atoms with Gasteiger partial charge in [-0.3, -0.25) is 0 Å². The Balaban J connectivity index is 2.04. The second-order valence-electron chi connectivity index (χ2n) is 5.48. The number of nitrogens with two attached hydrogens (primary N) is 1. The van der Waals surface area contributed by atoms with Gasteiger partial charge in [-0.25, -0.2) is 0 Å². The van der Waals surface area contributed by atoms with Crippen LogP contribution in [0.25, 0.3) is 10.8 Å². The molecule has 0 spiro atoms. The lowest BCUT2D eigenvalue weighted by Gasteiger charge is -2.25. The Morgan fingerprint density at radius 1 is 1.25 bits per heavy atom. The molecule has 3 unspecified atom stereocenters. The molecule has 3 heteroatoms. The molecule has 20 heavy (non-hydrogen) atoms. The maximum atomic E-state index is 6.56. The molecule has 0 aliphatic carbocycles. The van der Waals surface area contributed by atoms with Gasteiger partial charge in [0.2, 0.25) is 0 Å². The van der Waals surface area contributed by atoms with Gasteiger partial charge in [-0.2, -0.15) is 0 Å². The van der Waals surface area contributed by atoms with Crippen LogP contribution in [0, 0.1) is 5.92 Å². The topological polar surface area (TPSA) is 35.2 Å².